The van der Waals surface area contributed by atoms with E-state index in [4.69, 9.17) is 11.6 Å². The minimum absolute atomic E-state index is 0.198. The van der Waals surface area contributed by atoms with Gasteiger partial charge in [-0.05, 0) is 43.6 Å². The third kappa shape index (κ3) is 3.44. The summed E-state index contributed by atoms with van der Waals surface area (Å²) in [6.07, 6.45) is 2.45. The van der Waals surface area contributed by atoms with E-state index in [2.05, 4.69) is 17.1 Å². The van der Waals surface area contributed by atoms with Crippen LogP contribution in [-0.2, 0) is 6.54 Å². The number of nitrogens with zero attached hydrogens (tertiary/aromatic N) is 1. The van der Waals surface area contributed by atoms with Crippen LogP contribution in [0, 0.1) is 5.82 Å². The molecule has 2 nitrogen and oxygen atoms in total. The molecule has 2 rings (SSSR count). The van der Waals surface area contributed by atoms with Crippen LogP contribution in [0.2, 0.25) is 5.02 Å². The minimum Gasteiger partial charge on any atom is -0.315 e. The molecule has 1 saturated heterocycles. The Labute approximate surface area is 113 Å². The van der Waals surface area contributed by atoms with Crippen molar-refractivity contribution in [2.45, 2.75) is 32.4 Å². The van der Waals surface area contributed by atoms with Crippen molar-refractivity contribution in [1.82, 2.24) is 10.2 Å². The lowest BCUT2D eigenvalue weighted by Gasteiger charge is -2.24. The fourth-order valence-electron chi connectivity index (χ4n) is 2.52. The second-order valence-electron chi connectivity index (χ2n) is 4.82. The second kappa shape index (κ2) is 6.50. The Morgan fingerprint density at radius 1 is 1.50 bits per heavy atom. The van der Waals surface area contributed by atoms with E-state index in [1.54, 1.807) is 12.1 Å². The van der Waals surface area contributed by atoms with Gasteiger partial charge in [-0.2, -0.15) is 0 Å². The summed E-state index contributed by atoms with van der Waals surface area (Å²) in [5.41, 5.74) is 1.00. The molecule has 1 unspecified atom stereocenters. The fraction of sp³-hybridized carbons (Fsp3) is 0.571. The molecule has 0 radical (unpaired) electrons. The third-order valence-corrected chi connectivity index (χ3v) is 3.81. The van der Waals surface area contributed by atoms with Crippen LogP contribution in [-0.4, -0.2) is 30.6 Å². The highest BCUT2D eigenvalue weighted by molar-refractivity contribution is 6.30. The highest BCUT2D eigenvalue weighted by atomic mass is 35.5. The van der Waals surface area contributed by atoms with Crippen molar-refractivity contribution in [3.63, 3.8) is 0 Å². The van der Waals surface area contributed by atoms with Crippen molar-refractivity contribution >= 4 is 11.6 Å². The van der Waals surface area contributed by atoms with Crippen molar-refractivity contribution in [3.05, 3.63) is 34.6 Å². The second-order valence-corrected chi connectivity index (χ2v) is 5.23. The van der Waals surface area contributed by atoms with Crippen molar-refractivity contribution < 1.29 is 4.39 Å². The lowest BCUT2D eigenvalue weighted by atomic mass is 10.1. The maximum Gasteiger partial charge on any atom is 0.142 e. The summed E-state index contributed by atoms with van der Waals surface area (Å²) in [5, 5.41) is 3.59. The van der Waals surface area contributed by atoms with Crippen LogP contribution >= 0.6 is 11.6 Å². The fourth-order valence-corrected chi connectivity index (χ4v) is 2.64. The van der Waals surface area contributed by atoms with Crippen LogP contribution in [0.25, 0.3) is 0 Å². The largest absolute Gasteiger partial charge is 0.315 e. The smallest absolute Gasteiger partial charge is 0.142 e. The average molecular weight is 271 g/mol. The lowest BCUT2D eigenvalue weighted by molar-refractivity contribution is 0.240. The van der Waals surface area contributed by atoms with Gasteiger partial charge in [0, 0.05) is 19.1 Å². The number of likely N-dealkylation sites (tertiary alicyclic amines) is 1. The van der Waals surface area contributed by atoms with E-state index in [9.17, 15) is 4.39 Å². The molecule has 1 aliphatic rings. The minimum atomic E-state index is -0.323. The van der Waals surface area contributed by atoms with Crippen LogP contribution in [0.3, 0.4) is 0 Å². The predicted octanol–water partition coefficient (Wildman–Crippen LogP) is 3.05. The van der Waals surface area contributed by atoms with Gasteiger partial charge in [-0.15, -0.1) is 0 Å². The molecular formula is C14H20ClFN2. The summed E-state index contributed by atoms with van der Waals surface area (Å²) in [5.74, 6) is -0.323. The first-order chi connectivity index (χ1) is 8.70. The topological polar surface area (TPSA) is 15.3 Å². The molecule has 0 amide bonds. The Kier molecular flexibility index (Phi) is 4.98. The number of hydrogen-bond donors (Lipinski definition) is 1. The number of rotatable bonds is 5. The van der Waals surface area contributed by atoms with E-state index in [0.717, 1.165) is 31.7 Å². The van der Waals surface area contributed by atoms with Gasteiger partial charge < -0.3 is 5.32 Å². The van der Waals surface area contributed by atoms with Gasteiger partial charge in [-0.1, -0.05) is 24.6 Å². The Morgan fingerprint density at radius 3 is 3.06 bits per heavy atom. The van der Waals surface area contributed by atoms with E-state index < -0.39 is 0 Å². The van der Waals surface area contributed by atoms with Gasteiger partial charge >= 0.3 is 0 Å². The maximum atomic E-state index is 13.4. The predicted molar refractivity (Wildman–Crippen MR) is 73.4 cm³/mol. The molecule has 1 heterocycles. The number of halogens is 2. The number of likely N-dealkylation sites (N-methyl/N-ethyl adjacent to an activating group) is 1. The molecule has 4 heteroatoms. The Morgan fingerprint density at radius 2 is 2.33 bits per heavy atom. The molecule has 1 N–H and O–H groups in total. The monoisotopic (exact) mass is 270 g/mol. The summed E-state index contributed by atoms with van der Waals surface area (Å²) >= 11 is 5.70. The highest BCUT2D eigenvalue weighted by Crippen LogP contribution is 2.22. The zero-order chi connectivity index (χ0) is 13.0. The van der Waals surface area contributed by atoms with Gasteiger partial charge in [-0.25, -0.2) is 4.39 Å². The molecule has 1 atom stereocenters. The first kappa shape index (κ1) is 13.8. The summed E-state index contributed by atoms with van der Waals surface area (Å²) in [6.45, 7) is 6.05. The van der Waals surface area contributed by atoms with Crippen molar-refractivity contribution in [3.8, 4) is 0 Å². The molecule has 1 aliphatic heterocycles. The van der Waals surface area contributed by atoms with Gasteiger partial charge in [0.15, 0.2) is 0 Å². The van der Waals surface area contributed by atoms with Crippen LogP contribution in [0.4, 0.5) is 4.39 Å². The average Bonchev–Trinajstić information content (AvgIpc) is 2.79. The molecule has 0 bridgehead atoms. The number of benzene rings is 1. The molecule has 0 spiro atoms. The molecule has 0 aliphatic carbocycles. The molecule has 1 fully saturated rings. The summed E-state index contributed by atoms with van der Waals surface area (Å²) in [6, 6.07) is 5.67. The standard InChI is InChI=1S/C14H20ClFN2/c1-2-17-9-12-4-3-7-18(12)10-11-5-6-13(15)14(16)8-11/h5-6,8,12,17H,2-4,7,9-10H2,1H3. The summed E-state index contributed by atoms with van der Waals surface area (Å²) < 4.78 is 13.4. The molecule has 1 aromatic carbocycles. The van der Waals surface area contributed by atoms with Crippen molar-refractivity contribution in [2.75, 3.05) is 19.6 Å². The van der Waals surface area contributed by atoms with Crippen molar-refractivity contribution in [1.29, 1.82) is 0 Å². The van der Waals surface area contributed by atoms with Crippen LogP contribution in [0.1, 0.15) is 25.3 Å². The van der Waals surface area contributed by atoms with Crippen LogP contribution in [0.15, 0.2) is 18.2 Å². The molecule has 18 heavy (non-hydrogen) atoms. The normalized spacial score (nSPS) is 20.5. The SMILES string of the molecule is CCNCC1CCCN1Cc1ccc(Cl)c(F)c1. The van der Waals surface area contributed by atoms with Crippen molar-refractivity contribution in [2.24, 2.45) is 0 Å². The lowest BCUT2D eigenvalue weighted by Crippen LogP contribution is -2.37. The van der Waals surface area contributed by atoms with Gasteiger partial charge in [0.25, 0.3) is 0 Å². The zero-order valence-corrected chi connectivity index (χ0v) is 11.5. The highest BCUT2D eigenvalue weighted by Gasteiger charge is 2.23. The van der Waals surface area contributed by atoms with E-state index in [1.165, 1.54) is 12.8 Å². The van der Waals surface area contributed by atoms with Gasteiger partial charge in [0.05, 0.1) is 5.02 Å². The Bertz CT molecular complexity index is 397. The van der Waals surface area contributed by atoms with E-state index in [-0.39, 0.29) is 10.8 Å². The zero-order valence-electron chi connectivity index (χ0n) is 10.8. The molecular weight excluding hydrogens is 251 g/mol. The van der Waals surface area contributed by atoms with Gasteiger partial charge in [0.1, 0.15) is 5.82 Å². The van der Waals surface area contributed by atoms with E-state index >= 15 is 0 Å². The summed E-state index contributed by atoms with van der Waals surface area (Å²) in [4.78, 5) is 2.42. The third-order valence-electron chi connectivity index (χ3n) is 3.50. The first-order valence-electron chi connectivity index (χ1n) is 6.59. The van der Waals surface area contributed by atoms with Crippen LogP contribution in [0.5, 0.6) is 0 Å². The first-order valence-corrected chi connectivity index (χ1v) is 6.97. The Hall–Kier alpha value is -0.640. The molecule has 100 valence electrons. The van der Waals surface area contributed by atoms with Gasteiger partial charge in [-0.3, -0.25) is 4.90 Å². The van der Waals surface area contributed by atoms with Crippen LogP contribution < -0.4 is 5.32 Å². The number of nitrogens with one attached hydrogen (secondary N) is 1. The van der Waals surface area contributed by atoms with E-state index in [0.29, 0.717) is 6.04 Å². The number of hydrogen-bond acceptors (Lipinski definition) is 2. The van der Waals surface area contributed by atoms with Gasteiger partial charge in [0.2, 0.25) is 0 Å². The molecule has 0 saturated carbocycles. The van der Waals surface area contributed by atoms with E-state index in [1.807, 2.05) is 6.07 Å². The maximum absolute atomic E-state index is 13.4. The quantitative estimate of drug-likeness (QED) is 0.885. The molecule has 0 aromatic heterocycles. The molecule has 1 aromatic rings. The Balaban J connectivity index is 1.96. The summed E-state index contributed by atoms with van der Waals surface area (Å²) in [7, 11) is 0.